The zero-order valence-electron chi connectivity index (χ0n) is 12.9. The standard InChI is InChI=1S/C17H22N2O3/c1-22-11-10-19(16(20)17(21)8-2-3-9-17)13-15-6-4-14(12-18)5-7-15/h4-7,21H,2-3,8-11,13H2,1H3. The van der Waals surface area contributed by atoms with Crippen LogP contribution < -0.4 is 0 Å². The average Bonchev–Trinajstić information content (AvgIpc) is 2.99. The van der Waals surface area contributed by atoms with Crippen molar-refractivity contribution in [1.29, 1.82) is 5.26 Å². The van der Waals surface area contributed by atoms with Gasteiger partial charge in [0, 0.05) is 20.2 Å². The van der Waals surface area contributed by atoms with Crippen molar-refractivity contribution >= 4 is 5.91 Å². The SMILES string of the molecule is COCCN(Cc1ccc(C#N)cc1)C(=O)C1(O)CCCC1. The van der Waals surface area contributed by atoms with Gasteiger partial charge in [0.1, 0.15) is 5.60 Å². The number of benzene rings is 1. The van der Waals surface area contributed by atoms with Crippen LogP contribution in [0.1, 0.15) is 36.8 Å². The largest absolute Gasteiger partial charge is 0.383 e. The minimum absolute atomic E-state index is 0.216. The van der Waals surface area contributed by atoms with Crippen LogP contribution in [0.25, 0.3) is 0 Å². The van der Waals surface area contributed by atoms with E-state index in [1.165, 1.54) is 0 Å². The average molecular weight is 302 g/mol. The number of aliphatic hydroxyl groups is 1. The smallest absolute Gasteiger partial charge is 0.254 e. The molecule has 1 saturated carbocycles. The normalized spacial score (nSPS) is 16.2. The highest BCUT2D eigenvalue weighted by Crippen LogP contribution is 2.31. The van der Waals surface area contributed by atoms with E-state index in [0.29, 0.717) is 38.1 Å². The van der Waals surface area contributed by atoms with E-state index in [4.69, 9.17) is 10.00 Å². The van der Waals surface area contributed by atoms with Crippen LogP contribution in [0.4, 0.5) is 0 Å². The monoisotopic (exact) mass is 302 g/mol. The second-order valence-electron chi connectivity index (χ2n) is 5.77. The summed E-state index contributed by atoms with van der Waals surface area (Å²) in [5.74, 6) is -0.216. The Morgan fingerprint density at radius 3 is 2.55 bits per heavy atom. The molecule has 0 radical (unpaired) electrons. The van der Waals surface area contributed by atoms with Crippen LogP contribution in [0, 0.1) is 11.3 Å². The molecule has 1 aromatic rings. The molecule has 1 aliphatic rings. The maximum absolute atomic E-state index is 12.7. The van der Waals surface area contributed by atoms with Gasteiger partial charge in [-0.3, -0.25) is 4.79 Å². The molecule has 1 fully saturated rings. The molecule has 0 unspecified atom stereocenters. The highest BCUT2D eigenvalue weighted by Gasteiger charge is 2.41. The Morgan fingerprint density at radius 2 is 2.00 bits per heavy atom. The van der Waals surface area contributed by atoms with E-state index in [1.54, 1.807) is 24.1 Å². The quantitative estimate of drug-likeness (QED) is 0.870. The fraction of sp³-hybridized carbons (Fsp3) is 0.529. The summed E-state index contributed by atoms with van der Waals surface area (Å²) in [5.41, 5.74) is 0.304. The van der Waals surface area contributed by atoms with E-state index < -0.39 is 5.60 Å². The summed E-state index contributed by atoms with van der Waals surface area (Å²) in [4.78, 5) is 14.3. The number of rotatable bonds is 6. The van der Waals surface area contributed by atoms with Gasteiger partial charge in [0.25, 0.3) is 5.91 Å². The van der Waals surface area contributed by atoms with E-state index in [9.17, 15) is 9.90 Å². The number of carbonyl (C=O) groups excluding carboxylic acids is 1. The summed E-state index contributed by atoms with van der Waals surface area (Å²) in [7, 11) is 1.59. The third kappa shape index (κ3) is 3.85. The van der Waals surface area contributed by atoms with Gasteiger partial charge < -0.3 is 14.7 Å². The first-order valence-corrected chi connectivity index (χ1v) is 7.59. The van der Waals surface area contributed by atoms with Crippen molar-refractivity contribution in [3.05, 3.63) is 35.4 Å². The maximum atomic E-state index is 12.7. The molecule has 22 heavy (non-hydrogen) atoms. The lowest BCUT2D eigenvalue weighted by molar-refractivity contribution is -0.152. The fourth-order valence-electron chi connectivity index (χ4n) is 2.83. The Morgan fingerprint density at radius 1 is 1.36 bits per heavy atom. The molecule has 2 rings (SSSR count). The van der Waals surface area contributed by atoms with Gasteiger partial charge in [-0.15, -0.1) is 0 Å². The molecule has 118 valence electrons. The minimum Gasteiger partial charge on any atom is -0.383 e. The number of methoxy groups -OCH3 is 1. The molecule has 1 N–H and O–H groups in total. The Kier molecular flexibility index (Phi) is 5.53. The van der Waals surface area contributed by atoms with Crippen molar-refractivity contribution in [3.63, 3.8) is 0 Å². The van der Waals surface area contributed by atoms with Crippen LogP contribution in [0.15, 0.2) is 24.3 Å². The molecule has 0 saturated heterocycles. The minimum atomic E-state index is -1.22. The molecule has 0 aliphatic heterocycles. The van der Waals surface area contributed by atoms with E-state index in [1.807, 2.05) is 12.1 Å². The molecule has 5 nitrogen and oxygen atoms in total. The fourth-order valence-corrected chi connectivity index (χ4v) is 2.83. The van der Waals surface area contributed by atoms with Crippen LogP contribution in [-0.4, -0.2) is 41.8 Å². The lowest BCUT2D eigenvalue weighted by atomic mass is 10.00. The van der Waals surface area contributed by atoms with E-state index in [-0.39, 0.29) is 5.91 Å². The molecule has 1 amide bonds. The summed E-state index contributed by atoms with van der Waals surface area (Å²) in [6.45, 7) is 1.28. The molecule has 1 aromatic carbocycles. The molecule has 0 spiro atoms. The molecular weight excluding hydrogens is 280 g/mol. The zero-order chi connectivity index (χ0) is 16.0. The first-order chi connectivity index (χ1) is 10.6. The van der Waals surface area contributed by atoms with Gasteiger partial charge in [0.05, 0.1) is 18.2 Å². The van der Waals surface area contributed by atoms with Crippen LogP contribution in [0.5, 0.6) is 0 Å². The number of nitriles is 1. The van der Waals surface area contributed by atoms with Gasteiger partial charge in [0.15, 0.2) is 0 Å². The van der Waals surface area contributed by atoms with Gasteiger partial charge in [-0.25, -0.2) is 0 Å². The van der Waals surface area contributed by atoms with E-state index >= 15 is 0 Å². The molecule has 0 bridgehead atoms. The summed E-state index contributed by atoms with van der Waals surface area (Å²) >= 11 is 0. The first kappa shape index (κ1) is 16.5. The highest BCUT2D eigenvalue weighted by molar-refractivity contribution is 5.85. The Bertz CT molecular complexity index is 542. The molecule has 5 heteroatoms. The van der Waals surface area contributed by atoms with Crippen molar-refractivity contribution in [3.8, 4) is 6.07 Å². The lowest BCUT2D eigenvalue weighted by Gasteiger charge is -2.30. The molecule has 0 atom stereocenters. The molecular formula is C17H22N2O3. The molecule has 0 heterocycles. The Hall–Kier alpha value is -1.90. The number of hydrogen-bond acceptors (Lipinski definition) is 4. The molecule has 0 aromatic heterocycles. The van der Waals surface area contributed by atoms with Crippen molar-refractivity contribution < 1.29 is 14.6 Å². The summed E-state index contributed by atoms with van der Waals surface area (Å²) < 4.78 is 5.07. The Labute approximate surface area is 131 Å². The van der Waals surface area contributed by atoms with Crippen molar-refractivity contribution in [2.45, 2.75) is 37.8 Å². The second kappa shape index (κ2) is 7.39. The summed E-state index contributed by atoms with van der Waals surface area (Å²) in [5, 5.41) is 19.3. The van der Waals surface area contributed by atoms with E-state index in [0.717, 1.165) is 18.4 Å². The van der Waals surface area contributed by atoms with Crippen LogP contribution >= 0.6 is 0 Å². The third-order valence-corrected chi connectivity index (χ3v) is 4.14. The zero-order valence-corrected chi connectivity index (χ0v) is 12.9. The first-order valence-electron chi connectivity index (χ1n) is 7.59. The van der Waals surface area contributed by atoms with Crippen molar-refractivity contribution in [2.24, 2.45) is 0 Å². The Balaban J connectivity index is 2.11. The van der Waals surface area contributed by atoms with Gasteiger partial charge in [0.2, 0.25) is 0 Å². The van der Waals surface area contributed by atoms with Gasteiger partial charge >= 0.3 is 0 Å². The lowest BCUT2D eigenvalue weighted by Crippen LogP contribution is -2.48. The van der Waals surface area contributed by atoms with Crippen LogP contribution in [-0.2, 0) is 16.1 Å². The number of carbonyl (C=O) groups is 1. The van der Waals surface area contributed by atoms with Crippen LogP contribution in [0.3, 0.4) is 0 Å². The molecule has 1 aliphatic carbocycles. The third-order valence-electron chi connectivity index (χ3n) is 4.14. The number of hydrogen-bond donors (Lipinski definition) is 1. The maximum Gasteiger partial charge on any atom is 0.254 e. The van der Waals surface area contributed by atoms with Gasteiger partial charge in [-0.2, -0.15) is 5.26 Å². The van der Waals surface area contributed by atoms with Crippen LogP contribution in [0.2, 0.25) is 0 Å². The summed E-state index contributed by atoms with van der Waals surface area (Å²) in [6.07, 6.45) is 2.83. The van der Waals surface area contributed by atoms with Crippen molar-refractivity contribution in [2.75, 3.05) is 20.3 Å². The second-order valence-corrected chi connectivity index (χ2v) is 5.77. The predicted octanol–water partition coefficient (Wildman–Crippen LogP) is 1.84. The topological polar surface area (TPSA) is 73.6 Å². The highest BCUT2D eigenvalue weighted by atomic mass is 16.5. The van der Waals surface area contributed by atoms with Gasteiger partial charge in [-0.05, 0) is 43.4 Å². The predicted molar refractivity (Wildman–Crippen MR) is 81.9 cm³/mol. The number of amides is 1. The number of nitrogens with zero attached hydrogens (tertiary/aromatic N) is 2. The summed E-state index contributed by atoms with van der Waals surface area (Å²) in [6, 6.07) is 9.22. The van der Waals surface area contributed by atoms with E-state index in [2.05, 4.69) is 6.07 Å². The van der Waals surface area contributed by atoms with Crippen molar-refractivity contribution in [1.82, 2.24) is 4.90 Å². The van der Waals surface area contributed by atoms with Gasteiger partial charge in [-0.1, -0.05) is 12.1 Å². The number of ether oxygens (including phenoxy) is 1.